The first-order valence-electron chi connectivity index (χ1n) is 9.09. The maximum atomic E-state index is 12.9. The Labute approximate surface area is 173 Å². The standard InChI is InChI=1S/C23H19Cl2NO2/c1-23(2)12-17-18(14-6-4-3-5-7-14)19(15-8-10-16(24)11-9-15)20(26(17)13-23)21(27)22(25)28/h3-11H,12-13H2,1-2H3. The molecule has 1 aliphatic rings. The first-order valence-corrected chi connectivity index (χ1v) is 9.85. The summed E-state index contributed by atoms with van der Waals surface area (Å²) in [5.74, 6) is -0.673. The minimum absolute atomic E-state index is 0.0121. The van der Waals surface area contributed by atoms with Crippen LogP contribution in [0.25, 0.3) is 22.3 Å². The monoisotopic (exact) mass is 411 g/mol. The van der Waals surface area contributed by atoms with Gasteiger partial charge in [-0.1, -0.05) is 67.9 Å². The van der Waals surface area contributed by atoms with Crippen LogP contribution in [0.2, 0.25) is 5.02 Å². The Morgan fingerprint density at radius 1 is 0.929 bits per heavy atom. The van der Waals surface area contributed by atoms with E-state index in [1.165, 1.54) is 0 Å². The van der Waals surface area contributed by atoms with Crippen molar-refractivity contribution in [1.82, 2.24) is 4.57 Å². The zero-order valence-corrected chi connectivity index (χ0v) is 17.1. The first kappa shape index (κ1) is 19.0. The van der Waals surface area contributed by atoms with E-state index in [4.69, 9.17) is 23.2 Å². The van der Waals surface area contributed by atoms with Crippen molar-refractivity contribution in [2.45, 2.75) is 26.8 Å². The van der Waals surface area contributed by atoms with Crippen LogP contribution in [0, 0.1) is 5.41 Å². The van der Waals surface area contributed by atoms with E-state index in [1.807, 2.05) is 47.0 Å². The molecule has 0 aliphatic carbocycles. The fourth-order valence-electron chi connectivity index (χ4n) is 4.11. The van der Waals surface area contributed by atoms with Gasteiger partial charge in [0.05, 0.1) is 0 Å². The Morgan fingerprint density at radius 2 is 1.54 bits per heavy atom. The molecule has 0 radical (unpaired) electrons. The van der Waals surface area contributed by atoms with Crippen LogP contribution in [0.3, 0.4) is 0 Å². The van der Waals surface area contributed by atoms with E-state index in [0.29, 0.717) is 17.3 Å². The number of benzene rings is 2. The molecule has 5 heteroatoms. The van der Waals surface area contributed by atoms with E-state index in [2.05, 4.69) is 13.8 Å². The summed E-state index contributed by atoms with van der Waals surface area (Å²) in [6, 6.07) is 17.3. The molecule has 1 aliphatic heterocycles. The van der Waals surface area contributed by atoms with Gasteiger partial charge in [-0.2, -0.15) is 0 Å². The number of hydrogen-bond acceptors (Lipinski definition) is 2. The van der Waals surface area contributed by atoms with Gasteiger partial charge < -0.3 is 4.57 Å². The normalized spacial score (nSPS) is 14.7. The van der Waals surface area contributed by atoms with Gasteiger partial charge in [-0.25, -0.2) is 0 Å². The van der Waals surface area contributed by atoms with Crippen LogP contribution in [0.1, 0.15) is 30.0 Å². The smallest absolute Gasteiger partial charge is 0.294 e. The van der Waals surface area contributed by atoms with E-state index in [9.17, 15) is 9.59 Å². The maximum absolute atomic E-state index is 12.9. The predicted molar refractivity (Wildman–Crippen MR) is 113 cm³/mol. The zero-order valence-electron chi connectivity index (χ0n) is 15.6. The van der Waals surface area contributed by atoms with Crippen LogP contribution < -0.4 is 0 Å². The summed E-state index contributed by atoms with van der Waals surface area (Å²) in [7, 11) is 0. The van der Waals surface area contributed by atoms with E-state index < -0.39 is 11.0 Å². The largest absolute Gasteiger partial charge is 0.340 e. The van der Waals surface area contributed by atoms with Crippen molar-refractivity contribution in [3.63, 3.8) is 0 Å². The predicted octanol–water partition coefficient (Wildman–Crippen LogP) is 6.01. The molecule has 0 fully saturated rings. The topological polar surface area (TPSA) is 39.1 Å². The van der Waals surface area contributed by atoms with Gasteiger partial charge in [0.25, 0.3) is 11.0 Å². The molecule has 0 spiro atoms. The van der Waals surface area contributed by atoms with Gasteiger partial charge >= 0.3 is 0 Å². The number of nitrogens with zero attached hydrogens (tertiary/aromatic N) is 1. The Kier molecular flexibility index (Phi) is 4.68. The van der Waals surface area contributed by atoms with Crippen molar-refractivity contribution in [2.75, 3.05) is 0 Å². The lowest BCUT2D eigenvalue weighted by molar-refractivity contribution is -0.108. The molecule has 1 aromatic heterocycles. The van der Waals surface area contributed by atoms with Crippen molar-refractivity contribution in [2.24, 2.45) is 5.41 Å². The molecule has 3 aromatic rings. The Morgan fingerprint density at radius 3 is 2.14 bits per heavy atom. The summed E-state index contributed by atoms with van der Waals surface area (Å²) in [6.07, 6.45) is 0.807. The quantitative estimate of drug-likeness (QED) is 0.299. The fourth-order valence-corrected chi connectivity index (χ4v) is 4.32. The van der Waals surface area contributed by atoms with Gasteiger partial charge in [0.2, 0.25) is 0 Å². The fraction of sp³-hybridized carbons (Fsp3) is 0.217. The Hall–Kier alpha value is -2.36. The molecule has 0 saturated heterocycles. The average Bonchev–Trinajstić information content (AvgIpc) is 3.12. The highest BCUT2D eigenvalue weighted by Crippen LogP contribution is 2.47. The lowest BCUT2D eigenvalue weighted by Gasteiger charge is -2.18. The van der Waals surface area contributed by atoms with Gasteiger partial charge in [0, 0.05) is 28.4 Å². The second-order valence-corrected chi connectivity index (χ2v) is 8.73. The van der Waals surface area contributed by atoms with Crippen molar-refractivity contribution in [3.05, 3.63) is 71.0 Å². The number of rotatable bonds is 4. The van der Waals surface area contributed by atoms with Crippen LogP contribution >= 0.6 is 23.2 Å². The maximum Gasteiger partial charge on any atom is 0.294 e. The SMILES string of the molecule is CC1(C)Cc2c(-c3ccccc3)c(-c3ccc(Cl)cc3)c(C(=O)C(=O)Cl)n2C1. The molecule has 4 rings (SSSR count). The van der Waals surface area contributed by atoms with Crippen LogP contribution in [-0.2, 0) is 17.8 Å². The average molecular weight is 412 g/mol. The van der Waals surface area contributed by atoms with E-state index in [1.54, 1.807) is 12.1 Å². The lowest BCUT2D eigenvalue weighted by atomic mass is 9.86. The summed E-state index contributed by atoms with van der Waals surface area (Å²) >= 11 is 11.7. The highest BCUT2D eigenvalue weighted by atomic mass is 35.5. The summed E-state index contributed by atoms with van der Waals surface area (Å²) in [5.41, 5.74) is 4.98. The van der Waals surface area contributed by atoms with Crippen molar-refractivity contribution >= 4 is 34.2 Å². The molecule has 2 aromatic carbocycles. The molecule has 0 N–H and O–H groups in total. The van der Waals surface area contributed by atoms with Crippen LogP contribution in [-0.4, -0.2) is 15.6 Å². The van der Waals surface area contributed by atoms with E-state index in [-0.39, 0.29) is 5.41 Å². The molecule has 0 amide bonds. The second-order valence-electron chi connectivity index (χ2n) is 7.95. The van der Waals surface area contributed by atoms with Crippen LogP contribution in [0.4, 0.5) is 0 Å². The van der Waals surface area contributed by atoms with Gasteiger partial charge in [0.1, 0.15) is 5.69 Å². The number of Topliss-reactive ketones (excluding diaryl/α,β-unsaturated/α-hetero) is 1. The van der Waals surface area contributed by atoms with Crippen molar-refractivity contribution < 1.29 is 9.59 Å². The number of fused-ring (bicyclic) bond motifs is 1. The number of aromatic nitrogens is 1. The lowest BCUT2D eigenvalue weighted by Crippen LogP contribution is -2.18. The third kappa shape index (κ3) is 3.19. The molecule has 0 atom stereocenters. The molecular weight excluding hydrogens is 393 g/mol. The van der Waals surface area contributed by atoms with E-state index in [0.717, 1.165) is 34.4 Å². The molecule has 142 valence electrons. The van der Waals surface area contributed by atoms with E-state index >= 15 is 0 Å². The van der Waals surface area contributed by atoms with Gasteiger partial charge in [0.15, 0.2) is 0 Å². The van der Waals surface area contributed by atoms with Crippen LogP contribution in [0.15, 0.2) is 54.6 Å². The molecule has 0 bridgehead atoms. The minimum atomic E-state index is -0.972. The Bertz CT molecular complexity index is 1080. The number of hydrogen-bond donors (Lipinski definition) is 0. The van der Waals surface area contributed by atoms with Crippen molar-refractivity contribution in [3.8, 4) is 22.3 Å². The summed E-state index contributed by atoms with van der Waals surface area (Å²) < 4.78 is 1.98. The molecule has 0 unspecified atom stereocenters. The summed E-state index contributed by atoms with van der Waals surface area (Å²) in [5, 5.41) is -0.362. The van der Waals surface area contributed by atoms with Gasteiger partial charge in [-0.15, -0.1) is 0 Å². The van der Waals surface area contributed by atoms with Gasteiger partial charge in [-0.3, -0.25) is 9.59 Å². The highest BCUT2D eigenvalue weighted by molar-refractivity contribution is 6.83. The molecule has 0 saturated carbocycles. The van der Waals surface area contributed by atoms with Crippen molar-refractivity contribution in [1.29, 1.82) is 0 Å². The Balaban J connectivity index is 2.09. The number of carbonyl (C=O) groups is 2. The number of carbonyl (C=O) groups excluding carboxylic acids is 2. The summed E-state index contributed by atoms with van der Waals surface area (Å²) in [6.45, 7) is 4.97. The molecular formula is C23H19Cl2NO2. The third-order valence-corrected chi connectivity index (χ3v) is 5.62. The molecule has 3 nitrogen and oxygen atoms in total. The number of ketones is 1. The summed E-state index contributed by atoms with van der Waals surface area (Å²) in [4.78, 5) is 24.8. The first-order chi connectivity index (χ1) is 13.3. The number of halogens is 2. The van der Waals surface area contributed by atoms with Crippen LogP contribution in [0.5, 0.6) is 0 Å². The minimum Gasteiger partial charge on any atom is -0.340 e. The second kappa shape index (κ2) is 6.91. The zero-order chi connectivity index (χ0) is 20.1. The molecule has 2 heterocycles. The van der Waals surface area contributed by atoms with Gasteiger partial charge in [-0.05, 0) is 46.7 Å². The highest BCUT2D eigenvalue weighted by Gasteiger charge is 2.38. The molecule has 28 heavy (non-hydrogen) atoms. The third-order valence-electron chi connectivity index (χ3n) is 5.19.